The van der Waals surface area contributed by atoms with Crippen molar-refractivity contribution >= 4 is 11.6 Å². The highest BCUT2D eigenvalue weighted by atomic mass is 35.5. The van der Waals surface area contributed by atoms with Crippen LogP contribution in [0.15, 0.2) is 36.7 Å². The van der Waals surface area contributed by atoms with Gasteiger partial charge < -0.3 is 9.88 Å². The van der Waals surface area contributed by atoms with Crippen LogP contribution in [-0.2, 0) is 13.0 Å². The van der Waals surface area contributed by atoms with Crippen LogP contribution in [0.5, 0.6) is 0 Å². The predicted octanol–water partition coefficient (Wildman–Crippen LogP) is 4.57. The standard InChI is InChI=1S/C18H23ClN2/c1-2-20-18-9-4-3-7-15-12-21(13-17(15)18)11-14-6-5-8-16(19)10-14/h5-6,8,10,12-13,18,20H,2-4,7,9,11H2,1H3. The molecule has 21 heavy (non-hydrogen) atoms. The van der Waals surface area contributed by atoms with Gasteiger partial charge in [0.1, 0.15) is 0 Å². The molecule has 0 radical (unpaired) electrons. The average Bonchev–Trinajstić information content (AvgIpc) is 2.76. The number of benzene rings is 1. The molecule has 0 bridgehead atoms. The fourth-order valence-electron chi connectivity index (χ4n) is 3.31. The van der Waals surface area contributed by atoms with Crippen molar-refractivity contribution in [3.63, 3.8) is 0 Å². The monoisotopic (exact) mass is 302 g/mol. The molecule has 1 aromatic carbocycles. The zero-order chi connectivity index (χ0) is 14.7. The number of aromatic nitrogens is 1. The van der Waals surface area contributed by atoms with Crippen LogP contribution in [0.4, 0.5) is 0 Å². The van der Waals surface area contributed by atoms with Crippen molar-refractivity contribution in [1.29, 1.82) is 0 Å². The summed E-state index contributed by atoms with van der Waals surface area (Å²) in [6, 6.07) is 8.66. The van der Waals surface area contributed by atoms with E-state index in [1.54, 1.807) is 0 Å². The second kappa shape index (κ2) is 6.67. The molecule has 1 heterocycles. The Morgan fingerprint density at radius 3 is 3.00 bits per heavy atom. The quantitative estimate of drug-likeness (QED) is 0.819. The molecule has 0 saturated carbocycles. The van der Waals surface area contributed by atoms with Crippen molar-refractivity contribution < 1.29 is 0 Å². The molecule has 3 rings (SSSR count). The van der Waals surface area contributed by atoms with Crippen LogP contribution in [-0.4, -0.2) is 11.1 Å². The lowest BCUT2D eigenvalue weighted by Crippen LogP contribution is -2.20. The topological polar surface area (TPSA) is 17.0 Å². The van der Waals surface area contributed by atoms with Gasteiger partial charge >= 0.3 is 0 Å². The van der Waals surface area contributed by atoms with Crippen LogP contribution in [0.3, 0.4) is 0 Å². The summed E-state index contributed by atoms with van der Waals surface area (Å²) in [7, 11) is 0. The van der Waals surface area contributed by atoms with Crippen molar-refractivity contribution in [3.8, 4) is 0 Å². The van der Waals surface area contributed by atoms with Crippen LogP contribution in [0, 0.1) is 0 Å². The van der Waals surface area contributed by atoms with Crippen molar-refractivity contribution in [2.75, 3.05) is 6.54 Å². The molecule has 0 saturated heterocycles. The molecular weight excluding hydrogens is 280 g/mol. The Morgan fingerprint density at radius 1 is 1.29 bits per heavy atom. The molecule has 1 atom stereocenters. The van der Waals surface area contributed by atoms with Gasteiger partial charge in [-0.1, -0.05) is 37.1 Å². The third-order valence-electron chi connectivity index (χ3n) is 4.27. The number of hydrogen-bond donors (Lipinski definition) is 1. The van der Waals surface area contributed by atoms with Crippen LogP contribution >= 0.6 is 11.6 Å². The highest BCUT2D eigenvalue weighted by Gasteiger charge is 2.19. The summed E-state index contributed by atoms with van der Waals surface area (Å²) in [5, 5.41) is 4.44. The first kappa shape index (κ1) is 14.7. The van der Waals surface area contributed by atoms with Crippen molar-refractivity contribution in [3.05, 3.63) is 58.4 Å². The van der Waals surface area contributed by atoms with E-state index in [2.05, 4.69) is 41.3 Å². The number of halogens is 1. The Hall–Kier alpha value is -1.25. The molecule has 1 aliphatic rings. The highest BCUT2D eigenvalue weighted by molar-refractivity contribution is 6.30. The molecule has 1 aromatic heterocycles. The summed E-state index contributed by atoms with van der Waals surface area (Å²) in [5.41, 5.74) is 4.27. The maximum Gasteiger partial charge on any atom is 0.0470 e. The molecule has 0 spiro atoms. The minimum Gasteiger partial charge on any atom is -0.349 e. The fourth-order valence-corrected chi connectivity index (χ4v) is 3.52. The Kier molecular flexibility index (Phi) is 4.67. The Labute approximate surface area is 132 Å². The average molecular weight is 303 g/mol. The molecule has 1 N–H and O–H groups in total. The number of hydrogen-bond acceptors (Lipinski definition) is 1. The summed E-state index contributed by atoms with van der Waals surface area (Å²) < 4.78 is 2.31. The van der Waals surface area contributed by atoms with Crippen molar-refractivity contribution in [2.45, 2.75) is 45.2 Å². The van der Waals surface area contributed by atoms with E-state index in [1.807, 2.05) is 12.1 Å². The van der Waals surface area contributed by atoms with Gasteiger partial charge in [0.05, 0.1) is 0 Å². The molecule has 1 aliphatic carbocycles. The van der Waals surface area contributed by atoms with Gasteiger partial charge in [0, 0.05) is 30.0 Å². The number of nitrogens with one attached hydrogen (secondary N) is 1. The molecule has 0 aliphatic heterocycles. The Bertz CT molecular complexity index is 603. The van der Waals surface area contributed by atoms with Gasteiger partial charge in [-0.15, -0.1) is 0 Å². The molecule has 2 nitrogen and oxygen atoms in total. The number of fused-ring (bicyclic) bond motifs is 1. The van der Waals surface area contributed by atoms with Crippen LogP contribution in [0.2, 0.25) is 5.02 Å². The summed E-state index contributed by atoms with van der Waals surface area (Å²) in [6.07, 6.45) is 9.74. The number of rotatable bonds is 4. The Balaban J connectivity index is 1.83. The first-order chi connectivity index (χ1) is 10.3. The van der Waals surface area contributed by atoms with E-state index in [4.69, 9.17) is 11.6 Å². The van der Waals surface area contributed by atoms with E-state index in [0.717, 1.165) is 18.1 Å². The first-order valence-electron chi connectivity index (χ1n) is 7.92. The maximum atomic E-state index is 6.08. The number of nitrogens with zero attached hydrogens (tertiary/aromatic N) is 1. The Morgan fingerprint density at radius 2 is 2.19 bits per heavy atom. The first-order valence-corrected chi connectivity index (χ1v) is 8.30. The fraction of sp³-hybridized carbons (Fsp3) is 0.444. The third kappa shape index (κ3) is 3.50. The zero-order valence-electron chi connectivity index (χ0n) is 12.6. The molecular formula is C18H23ClN2. The van der Waals surface area contributed by atoms with E-state index in [1.165, 1.54) is 42.4 Å². The summed E-state index contributed by atoms with van der Waals surface area (Å²) in [4.78, 5) is 0. The maximum absolute atomic E-state index is 6.08. The van der Waals surface area contributed by atoms with E-state index < -0.39 is 0 Å². The third-order valence-corrected chi connectivity index (χ3v) is 4.50. The summed E-state index contributed by atoms with van der Waals surface area (Å²) >= 11 is 6.08. The minimum absolute atomic E-state index is 0.521. The van der Waals surface area contributed by atoms with E-state index in [-0.39, 0.29) is 0 Å². The van der Waals surface area contributed by atoms with Crippen LogP contribution < -0.4 is 5.32 Å². The highest BCUT2D eigenvalue weighted by Crippen LogP contribution is 2.29. The second-order valence-electron chi connectivity index (χ2n) is 5.90. The van der Waals surface area contributed by atoms with E-state index in [0.29, 0.717) is 6.04 Å². The lowest BCUT2D eigenvalue weighted by molar-refractivity contribution is 0.502. The SMILES string of the molecule is CCNC1CCCCc2cn(Cc3cccc(Cl)c3)cc21. The second-order valence-corrected chi connectivity index (χ2v) is 6.33. The minimum atomic E-state index is 0.521. The van der Waals surface area contributed by atoms with Gasteiger partial charge in [-0.05, 0) is 54.6 Å². The molecule has 112 valence electrons. The lowest BCUT2D eigenvalue weighted by Gasteiger charge is -2.15. The molecule has 0 fully saturated rings. The molecule has 3 heteroatoms. The summed E-state index contributed by atoms with van der Waals surface area (Å²) in [5.74, 6) is 0. The van der Waals surface area contributed by atoms with Crippen LogP contribution in [0.1, 0.15) is 48.9 Å². The van der Waals surface area contributed by atoms with Gasteiger partial charge in [-0.3, -0.25) is 0 Å². The summed E-state index contributed by atoms with van der Waals surface area (Å²) in [6.45, 7) is 4.11. The van der Waals surface area contributed by atoms with Crippen molar-refractivity contribution in [2.24, 2.45) is 0 Å². The lowest BCUT2D eigenvalue weighted by atomic mass is 10.0. The van der Waals surface area contributed by atoms with E-state index >= 15 is 0 Å². The van der Waals surface area contributed by atoms with Gasteiger partial charge in [-0.2, -0.15) is 0 Å². The molecule has 1 unspecified atom stereocenters. The molecule has 2 aromatic rings. The van der Waals surface area contributed by atoms with Gasteiger partial charge in [0.2, 0.25) is 0 Å². The predicted molar refractivity (Wildman–Crippen MR) is 89.0 cm³/mol. The smallest absolute Gasteiger partial charge is 0.0470 e. The van der Waals surface area contributed by atoms with Gasteiger partial charge in [0.25, 0.3) is 0 Å². The normalized spacial score (nSPS) is 18.3. The van der Waals surface area contributed by atoms with E-state index in [9.17, 15) is 0 Å². The zero-order valence-corrected chi connectivity index (χ0v) is 13.4. The van der Waals surface area contributed by atoms with Gasteiger partial charge in [-0.25, -0.2) is 0 Å². The molecule has 0 amide bonds. The van der Waals surface area contributed by atoms with Crippen LogP contribution in [0.25, 0.3) is 0 Å². The van der Waals surface area contributed by atoms with Gasteiger partial charge in [0.15, 0.2) is 0 Å². The van der Waals surface area contributed by atoms with Crippen molar-refractivity contribution in [1.82, 2.24) is 9.88 Å². The largest absolute Gasteiger partial charge is 0.349 e. The number of aryl methyl sites for hydroxylation is 1.